The summed E-state index contributed by atoms with van der Waals surface area (Å²) in [6.07, 6.45) is 0. The van der Waals surface area contributed by atoms with E-state index in [1.54, 1.807) is 0 Å². The molecule has 0 amide bonds. The molecule has 3 nitrogen and oxygen atoms in total. The SMILES string of the molecule is c1ccc(-c2cccc(-n3c4ccccc4c4ccc(-c5ccc6c7ccccc7n(-c7cccc(-c8cc(-c9ccccc9)nc(-c9ccccc9)c8)c7)c6c5)cc43)c2)cc1. The van der Waals surface area contributed by atoms with Crippen molar-refractivity contribution in [1.29, 1.82) is 0 Å². The van der Waals surface area contributed by atoms with Crippen LogP contribution in [0.15, 0.2) is 237 Å². The van der Waals surface area contributed by atoms with E-state index in [2.05, 4.69) is 246 Å². The van der Waals surface area contributed by atoms with Crippen LogP contribution in [-0.2, 0) is 0 Å². The van der Waals surface area contributed by atoms with Crippen LogP contribution < -0.4 is 0 Å². The lowest BCUT2D eigenvalue weighted by Gasteiger charge is -2.13. The molecular weight excluding hydrogens is 751 g/mol. The number of hydrogen-bond donors (Lipinski definition) is 0. The quantitative estimate of drug-likeness (QED) is 0.158. The van der Waals surface area contributed by atoms with Gasteiger partial charge in [-0.2, -0.15) is 0 Å². The average Bonchev–Trinajstić information content (AvgIpc) is 3.87. The zero-order valence-electron chi connectivity index (χ0n) is 33.9. The third kappa shape index (κ3) is 6.10. The first-order valence-electron chi connectivity index (χ1n) is 21.2. The summed E-state index contributed by atoms with van der Waals surface area (Å²) in [6.45, 7) is 0. The number of pyridine rings is 1. The van der Waals surface area contributed by atoms with Crippen LogP contribution in [0.1, 0.15) is 0 Å². The maximum Gasteiger partial charge on any atom is 0.0715 e. The maximum atomic E-state index is 5.16. The lowest BCUT2D eigenvalue weighted by atomic mass is 9.99. The standard InChI is InChI=1S/C59H39N3/c1-4-16-40(17-5-1)43-22-14-24-48(34-43)61-56-28-12-10-26-50(56)52-32-30-45(38-58(52)61)46-31-33-53-51-27-11-13-29-57(51)62(59(53)39-46)49-25-15-23-44(35-49)47-36-54(41-18-6-2-7-19-41)60-55(37-47)42-20-8-3-9-21-42/h1-39H. The number of hydrogen-bond acceptors (Lipinski definition) is 1. The van der Waals surface area contributed by atoms with Gasteiger partial charge < -0.3 is 9.13 Å². The highest BCUT2D eigenvalue weighted by Crippen LogP contribution is 2.40. The molecule has 0 radical (unpaired) electrons. The van der Waals surface area contributed by atoms with E-state index in [9.17, 15) is 0 Å². The van der Waals surface area contributed by atoms with Gasteiger partial charge in [-0.3, -0.25) is 0 Å². The highest BCUT2D eigenvalue weighted by atomic mass is 15.0. The summed E-state index contributed by atoms with van der Waals surface area (Å²) in [4.78, 5) is 5.16. The minimum Gasteiger partial charge on any atom is -0.309 e. The zero-order valence-corrected chi connectivity index (χ0v) is 33.9. The Morgan fingerprint density at radius 1 is 0.226 bits per heavy atom. The van der Waals surface area contributed by atoms with Crippen molar-refractivity contribution in [2.24, 2.45) is 0 Å². The third-order valence-electron chi connectivity index (χ3n) is 12.3. The largest absolute Gasteiger partial charge is 0.309 e. The predicted molar refractivity (Wildman–Crippen MR) is 260 cm³/mol. The molecule has 0 N–H and O–H groups in total. The van der Waals surface area contributed by atoms with Gasteiger partial charge >= 0.3 is 0 Å². The Labute approximate surface area is 360 Å². The van der Waals surface area contributed by atoms with Gasteiger partial charge in [0.25, 0.3) is 0 Å². The molecule has 290 valence electrons. The molecule has 3 heterocycles. The lowest BCUT2D eigenvalue weighted by Crippen LogP contribution is -1.96. The Balaban J connectivity index is 1.01. The predicted octanol–water partition coefficient (Wildman–Crippen LogP) is 15.6. The fourth-order valence-corrected chi connectivity index (χ4v) is 9.35. The van der Waals surface area contributed by atoms with Crippen LogP contribution in [-0.4, -0.2) is 14.1 Å². The molecule has 62 heavy (non-hydrogen) atoms. The van der Waals surface area contributed by atoms with Gasteiger partial charge in [0.2, 0.25) is 0 Å². The highest BCUT2D eigenvalue weighted by molar-refractivity contribution is 6.12. The van der Waals surface area contributed by atoms with E-state index in [1.807, 2.05) is 0 Å². The van der Waals surface area contributed by atoms with Crippen LogP contribution in [0.3, 0.4) is 0 Å². The normalized spacial score (nSPS) is 11.5. The average molecular weight is 790 g/mol. The second-order valence-corrected chi connectivity index (χ2v) is 16.0. The molecule has 0 saturated heterocycles. The van der Waals surface area contributed by atoms with E-state index in [4.69, 9.17) is 4.98 Å². The summed E-state index contributed by atoms with van der Waals surface area (Å²) >= 11 is 0. The molecule has 0 bridgehead atoms. The Morgan fingerprint density at radius 3 is 1.08 bits per heavy atom. The van der Waals surface area contributed by atoms with Gasteiger partial charge in [-0.25, -0.2) is 4.98 Å². The molecule has 0 aliphatic heterocycles. The molecule has 9 aromatic carbocycles. The summed E-state index contributed by atoms with van der Waals surface area (Å²) in [5, 5.41) is 4.94. The fraction of sp³-hybridized carbons (Fsp3) is 0. The molecule has 0 unspecified atom stereocenters. The van der Waals surface area contributed by atoms with Crippen molar-refractivity contribution >= 4 is 43.6 Å². The highest BCUT2D eigenvalue weighted by Gasteiger charge is 2.18. The first-order chi connectivity index (χ1) is 30.7. The van der Waals surface area contributed by atoms with E-state index < -0.39 is 0 Å². The summed E-state index contributed by atoms with van der Waals surface area (Å²) < 4.78 is 4.85. The molecule has 0 saturated carbocycles. The molecule has 0 atom stereocenters. The molecule has 3 aromatic heterocycles. The summed E-state index contributed by atoms with van der Waals surface area (Å²) in [6, 6.07) is 85.3. The third-order valence-corrected chi connectivity index (χ3v) is 12.3. The van der Waals surface area contributed by atoms with Crippen LogP contribution in [0.4, 0.5) is 0 Å². The van der Waals surface area contributed by atoms with Gasteiger partial charge in [0, 0.05) is 44.0 Å². The van der Waals surface area contributed by atoms with E-state index in [1.165, 1.54) is 65.9 Å². The number of benzene rings is 9. The van der Waals surface area contributed by atoms with Gasteiger partial charge in [-0.1, -0.05) is 176 Å². The first kappa shape index (κ1) is 35.7. The Kier molecular flexibility index (Phi) is 8.50. The monoisotopic (exact) mass is 789 g/mol. The van der Waals surface area contributed by atoms with Crippen LogP contribution >= 0.6 is 0 Å². The van der Waals surface area contributed by atoms with Crippen molar-refractivity contribution in [3.8, 4) is 67.3 Å². The van der Waals surface area contributed by atoms with Gasteiger partial charge in [-0.15, -0.1) is 0 Å². The van der Waals surface area contributed by atoms with Crippen LogP contribution in [0, 0.1) is 0 Å². The maximum absolute atomic E-state index is 5.16. The van der Waals surface area contributed by atoms with Gasteiger partial charge in [0.1, 0.15) is 0 Å². The van der Waals surface area contributed by atoms with Gasteiger partial charge in [0.15, 0.2) is 0 Å². The van der Waals surface area contributed by atoms with E-state index in [0.29, 0.717) is 0 Å². The minimum absolute atomic E-state index is 0.953. The molecular formula is C59H39N3. The van der Waals surface area contributed by atoms with E-state index >= 15 is 0 Å². The van der Waals surface area contributed by atoms with E-state index in [0.717, 1.165) is 45.0 Å². The number of rotatable bonds is 7. The molecule has 3 heteroatoms. The van der Waals surface area contributed by atoms with Crippen LogP contribution in [0.2, 0.25) is 0 Å². The Morgan fingerprint density at radius 2 is 0.597 bits per heavy atom. The minimum atomic E-state index is 0.953. The molecule has 12 aromatic rings. The lowest BCUT2D eigenvalue weighted by molar-refractivity contribution is 1.18. The van der Waals surface area contributed by atoms with Crippen molar-refractivity contribution < 1.29 is 0 Å². The van der Waals surface area contributed by atoms with Crippen molar-refractivity contribution in [1.82, 2.24) is 14.1 Å². The topological polar surface area (TPSA) is 22.8 Å². The Bertz CT molecular complexity index is 3560. The van der Waals surface area contributed by atoms with Gasteiger partial charge in [0.05, 0.1) is 33.5 Å². The molecule has 12 rings (SSSR count). The van der Waals surface area contributed by atoms with Crippen molar-refractivity contribution in [3.63, 3.8) is 0 Å². The van der Waals surface area contributed by atoms with Crippen molar-refractivity contribution in [2.75, 3.05) is 0 Å². The number of nitrogens with zero attached hydrogens (tertiary/aromatic N) is 3. The summed E-state index contributed by atoms with van der Waals surface area (Å²) in [7, 11) is 0. The Hall–Kier alpha value is -8.27. The molecule has 0 spiro atoms. The van der Waals surface area contributed by atoms with Crippen LogP contribution in [0.25, 0.3) is 111 Å². The summed E-state index contributed by atoms with van der Waals surface area (Å²) in [5.74, 6) is 0. The van der Waals surface area contributed by atoms with E-state index in [-0.39, 0.29) is 0 Å². The molecule has 0 fully saturated rings. The number of fused-ring (bicyclic) bond motifs is 6. The smallest absolute Gasteiger partial charge is 0.0715 e. The summed E-state index contributed by atoms with van der Waals surface area (Å²) in [5.41, 5.74) is 18.1. The van der Waals surface area contributed by atoms with Crippen LogP contribution in [0.5, 0.6) is 0 Å². The van der Waals surface area contributed by atoms with Gasteiger partial charge in [-0.05, 0) is 94.0 Å². The number of para-hydroxylation sites is 2. The van der Waals surface area contributed by atoms with Crippen molar-refractivity contribution in [2.45, 2.75) is 0 Å². The molecule has 0 aliphatic rings. The zero-order chi connectivity index (χ0) is 41.0. The molecule has 0 aliphatic carbocycles. The number of aromatic nitrogens is 3. The van der Waals surface area contributed by atoms with Crippen molar-refractivity contribution in [3.05, 3.63) is 237 Å². The fourth-order valence-electron chi connectivity index (χ4n) is 9.35. The first-order valence-corrected chi connectivity index (χ1v) is 21.2. The second-order valence-electron chi connectivity index (χ2n) is 16.0. The second kappa shape index (κ2) is 14.8.